The molecule has 0 aromatic carbocycles. The van der Waals surface area contributed by atoms with Crippen molar-refractivity contribution in [2.75, 3.05) is 13.2 Å². The van der Waals surface area contributed by atoms with E-state index < -0.39 is 6.10 Å². The molecule has 1 atom stereocenters. The molecule has 0 aromatic heterocycles. The number of ether oxygens (including phenoxy) is 3. The zero-order valence-electron chi connectivity index (χ0n) is 46.4. The molecule has 0 fully saturated rings. The van der Waals surface area contributed by atoms with Crippen molar-refractivity contribution >= 4 is 17.9 Å². The highest BCUT2D eigenvalue weighted by molar-refractivity contribution is 5.71. The molecule has 0 heterocycles. The predicted octanol–water partition coefficient (Wildman–Crippen LogP) is 19.8. The summed E-state index contributed by atoms with van der Waals surface area (Å²) in [5.74, 6) is -0.965. The molecule has 6 heteroatoms. The first kappa shape index (κ1) is 67.5. The number of unbranched alkanes of at least 4 members (excludes halogenated alkanes) is 18. The van der Waals surface area contributed by atoms with E-state index in [1.165, 1.54) is 51.4 Å². The average Bonchev–Trinajstić information content (AvgIpc) is 3.38. The van der Waals surface area contributed by atoms with E-state index in [9.17, 15) is 14.4 Å². The molecule has 1 unspecified atom stereocenters. The lowest BCUT2D eigenvalue weighted by molar-refractivity contribution is -0.167. The number of carbonyl (C=O) groups is 3. The van der Waals surface area contributed by atoms with Crippen LogP contribution in [-0.2, 0) is 28.6 Å². The second kappa shape index (κ2) is 59.1. The Bertz CT molecular complexity index is 1560. The van der Waals surface area contributed by atoms with Crippen LogP contribution in [0.25, 0.3) is 0 Å². The highest BCUT2D eigenvalue weighted by Gasteiger charge is 2.19. The summed E-state index contributed by atoms with van der Waals surface area (Å²) < 4.78 is 16.8. The minimum absolute atomic E-state index is 0.103. The maximum atomic E-state index is 12.8. The number of allylic oxidation sites excluding steroid dienone is 22. The largest absolute Gasteiger partial charge is 0.462 e. The SMILES string of the molecule is CC/C=C\C/C=C\C/C=C\C/C=C\C/C=C\C/C=C\C/C=C\CCCCCC(=O)OCC(COC(=O)CCCCCCC/C=C\CCC)OC(=O)CCCCCCCC/C=C\C/C=C\C/C=C\CCCCC. The summed E-state index contributed by atoms with van der Waals surface area (Å²) in [6.45, 7) is 6.38. The third-order valence-electron chi connectivity index (χ3n) is 11.8. The summed E-state index contributed by atoms with van der Waals surface area (Å²) in [5, 5.41) is 0. The van der Waals surface area contributed by atoms with E-state index >= 15 is 0 Å². The van der Waals surface area contributed by atoms with Crippen molar-refractivity contribution in [3.8, 4) is 0 Å². The highest BCUT2D eigenvalue weighted by Crippen LogP contribution is 2.13. The Morgan fingerprint density at radius 2 is 0.569 bits per heavy atom. The predicted molar refractivity (Wildman–Crippen MR) is 311 cm³/mol. The molecule has 6 nitrogen and oxygen atoms in total. The minimum atomic E-state index is -0.807. The molecule has 0 N–H and O–H groups in total. The second-order valence-electron chi connectivity index (χ2n) is 18.8. The molecule has 0 spiro atoms. The monoisotopic (exact) mass is 995 g/mol. The van der Waals surface area contributed by atoms with Gasteiger partial charge in [0.2, 0.25) is 0 Å². The van der Waals surface area contributed by atoms with Crippen LogP contribution < -0.4 is 0 Å². The first-order chi connectivity index (χ1) is 35.5. The Morgan fingerprint density at radius 3 is 0.931 bits per heavy atom. The van der Waals surface area contributed by atoms with Gasteiger partial charge in [0.05, 0.1) is 0 Å². The van der Waals surface area contributed by atoms with E-state index in [0.29, 0.717) is 19.3 Å². The van der Waals surface area contributed by atoms with Gasteiger partial charge in [0.25, 0.3) is 0 Å². The van der Waals surface area contributed by atoms with Crippen molar-refractivity contribution in [3.63, 3.8) is 0 Å². The van der Waals surface area contributed by atoms with Gasteiger partial charge in [-0.3, -0.25) is 14.4 Å². The summed E-state index contributed by atoms with van der Waals surface area (Å²) in [6.07, 6.45) is 83.0. The number of hydrogen-bond acceptors (Lipinski definition) is 6. The molecule has 72 heavy (non-hydrogen) atoms. The molecule has 0 aromatic rings. The van der Waals surface area contributed by atoms with Crippen LogP contribution in [0.15, 0.2) is 134 Å². The van der Waals surface area contributed by atoms with Crippen molar-refractivity contribution in [1.82, 2.24) is 0 Å². The number of rotatable bonds is 51. The van der Waals surface area contributed by atoms with E-state index in [2.05, 4.69) is 154 Å². The molecule has 0 saturated carbocycles. The Morgan fingerprint density at radius 1 is 0.292 bits per heavy atom. The Kier molecular flexibility index (Phi) is 55.5. The quantitative estimate of drug-likeness (QED) is 0.0261. The molecule has 0 aliphatic heterocycles. The van der Waals surface area contributed by atoms with Crippen molar-refractivity contribution in [2.24, 2.45) is 0 Å². The van der Waals surface area contributed by atoms with Crippen LogP contribution in [0.4, 0.5) is 0 Å². The first-order valence-corrected chi connectivity index (χ1v) is 29.2. The van der Waals surface area contributed by atoms with Gasteiger partial charge in [0.1, 0.15) is 13.2 Å². The molecule has 0 radical (unpaired) electrons. The fourth-order valence-electron chi connectivity index (χ4n) is 7.49. The van der Waals surface area contributed by atoms with Gasteiger partial charge >= 0.3 is 17.9 Å². The Labute approximate surface area is 443 Å². The van der Waals surface area contributed by atoms with Gasteiger partial charge in [-0.05, 0) is 135 Å². The van der Waals surface area contributed by atoms with Crippen LogP contribution in [0, 0.1) is 0 Å². The standard InChI is InChI=1S/C66H106O6/c1-4-7-10-13-16-19-22-24-26-28-30-31-32-33-34-35-37-38-40-42-44-47-50-53-56-59-65(68)71-62-63(61-70-64(67)58-55-52-49-46-21-18-15-12-9-6-3)72-66(69)60-57-54-51-48-45-43-41-39-36-29-27-25-23-20-17-14-11-8-5-2/h7,10,12,15-17,19-20,24-27,30-31,33-34,36-39,42,44,63H,4-6,8-9,11,13-14,18,21-23,28-29,32,35,40-41,43,45-62H2,1-3H3/b10-7-,15-12-,19-16-,20-17-,26-24-,27-25-,31-30-,34-33-,38-37-,39-36-,44-42-. The van der Waals surface area contributed by atoms with Gasteiger partial charge in [-0.15, -0.1) is 0 Å². The van der Waals surface area contributed by atoms with Gasteiger partial charge in [0.15, 0.2) is 6.10 Å². The number of carbonyl (C=O) groups excluding carboxylic acids is 3. The van der Waals surface area contributed by atoms with Crippen LogP contribution in [0.2, 0.25) is 0 Å². The van der Waals surface area contributed by atoms with E-state index in [0.717, 1.165) is 154 Å². The maximum Gasteiger partial charge on any atom is 0.306 e. The Hall–Kier alpha value is -4.45. The normalized spacial score (nSPS) is 13.1. The molecule has 0 amide bonds. The molecule has 0 rings (SSSR count). The van der Waals surface area contributed by atoms with E-state index in [1.807, 2.05) is 0 Å². The van der Waals surface area contributed by atoms with Crippen molar-refractivity contribution < 1.29 is 28.6 Å². The zero-order chi connectivity index (χ0) is 52.2. The van der Waals surface area contributed by atoms with E-state index in [-0.39, 0.29) is 31.1 Å². The molecular formula is C66H106O6. The van der Waals surface area contributed by atoms with Crippen LogP contribution in [0.3, 0.4) is 0 Å². The summed E-state index contributed by atoms with van der Waals surface area (Å²) in [6, 6.07) is 0. The lowest BCUT2D eigenvalue weighted by Crippen LogP contribution is -2.30. The summed E-state index contributed by atoms with van der Waals surface area (Å²) in [5.41, 5.74) is 0. The first-order valence-electron chi connectivity index (χ1n) is 29.2. The van der Waals surface area contributed by atoms with Crippen molar-refractivity contribution in [3.05, 3.63) is 134 Å². The molecule has 406 valence electrons. The van der Waals surface area contributed by atoms with Crippen LogP contribution >= 0.6 is 0 Å². The van der Waals surface area contributed by atoms with E-state index in [4.69, 9.17) is 14.2 Å². The summed E-state index contributed by atoms with van der Waals surface area (Å²) >= 11 is 0. The third kappa shape index (κ3) is 56.5. The minimum Gasteiger partial charge on any atom is -0.462 e. The molecule has 0 aliphatic rings. The lowest BCUT2D eigenvalue weighted by Gasteiger charge is -2.18. The fraction of sp³-hybridized carbons (Fsp3) is 0.621. The molecule has 0 saturated heterocycles. The van der Waals surface area contributed by atoms with Crippen molar-refractivity contribution in [2.45, 2.75) is 252 Å². The lowest BCUT2D eigenvalue weighted by atomic mass is 10.1. The summed E-state index contributed by atoms with van der Waals surface area (Å²) in [7, 11) is 0. The topological polar surface area (TPSA) is 78.9 Å². The van der Waals surface area contributed by atoms with Crippen molar-refractivity contribution in [1.29, 1.82) is 0 Å². The van der Waals surface area contributed by atoms with Gasteiger partial charge < -0.3 is 14.2 Å². The van der Waals surface area contributed by atoms with Crippen LogP contribution in [-0.4, -0.2) is 37.2 Å². The second-order valence-corrected chi connectivity index (χ2v) is 18.8. The van der Waals surface area contributed by atoms with E-state index in [1.54, 1.807) is 0 Å². The average molecular weight is 996 g/mol. The van der Waals surface area contributed by atoms with Gasteiger partial charge in [-0.2, -0.15) is 0 Å². The number of hydrogen-bond donors (Lipinski definition) is 0. The Balaban J connectivity index is 4.42. The van der Waals surface area contributed by atoms with Crippen LogP contribution in [0.1, 0.15) is 245 Å². The maximum absolute atomic E-state index is 12.8. The van der Waals surface area contributed by atoms with Gasteiger partial charge in [0, 0.05) is 19.3 Å². The number of esters is 3. The van der Waals surface area contributed by atoms with Crippen LogP contribution in [0.5, 0.6) is 0 Å². The molecule has 0 bridgehead atoms. The van der Waals surface area contributed by atoms with Gasteiger partial charge in [-0.1, -0.05) is 225 Å². The molecule has 0 aliphatic carbocycles. The fourth-order valence-corrected chi connectivity index (χ4v) is 7.49. The summed E-state index contributed by atoms with van der Waals surface area (Å²) in [4.78, 5) is 38.1. The molecular weight excluding hydrogens is 889 g/mol. The smallest absolute Gasteiger partial charge is 0.306 e. The highest BCUT2D eigenvalue weighted by atomic mass is 16.6. The van der Waals surface area contributed by atoms with Gasteiger partial charge in [-0.25, -0.2) is 0 Å². The zero-order valence-corrected chi connectivity index (χ0v) is 46.4. The third-order valence-corrected chi connectivity index (χ3v) is 11.8.